The number of piperazine rings is 1. The van der Waals surface area contributed by atoms with Crippen LogP contribution in [-0.4, -0.2) is 44.2 Å². The maximum Gasteiger partial charge on any atom is 0.319 e. The molecule has 0 aliphatic carbocycles. The first-order valence-corrected chi connectivity index (χ1v) is 6.93. The number of nitrogens with two attached hydrogens (primary N) is 1. The van der Waals surface area contributed by atoms with Gasteiger partial charge in [0.05, 0.1) is 26.2 Å². The Labute approximate surface area is 122 Å². The molecule has 1 heterocycles. The highest BCUT2D eigenvalue weighted by Crippen LogP contribution is 2.14. The minimum Gasteiger partial charge on any atom is -0.360 e. The highest BCUT2D eigenvalue weighted by atomic mass is 19.1. The Morgan fingerprint density at radius 1 is 1.29 bits per heavy atom. The fraction of sp³-hybridized carbons (Fsp3) is 0.429. The fourth-order valence-corrected chi connectivity index (χ4v) is 2.55. The summed E-state index contributed by atoms with van der Waals surface area (Å²) in [6.07, 6.45) is 0. The number of urea groups is 1. The van der Waals surface area contributed by atoms with Gasteiger partial charge in [0.1, 0.15) is 5.82 Å². The Kier molecular flexibility index (Phi) is 4.74. The van der Waals surface area contributed by atoms with Gasteiger partial charge in [0.25, 0.3) is 5.91 Å². The zero-order valence-corrected chi connectivity index (χ0v) is 11.9. The molecule has 1 aromatic rings. The van der Waals surface area contributed by atoms with Crippen LogP contribution in [0, 0.1) is 5.82 Å². The van der Waals surface area contributed by atoms with Gasteiger partial charge in [-0.1, -0.05) is 0 Å². The molecule has 7 heteroatoms. The molecule has 2 rings (SSSR count). The molecule has 3 amide bonds. The van der Waals surface area contributed by atoms with Crippen LogP contribution in [0.1, 0.15) is 6.92 Å². The molecular weight excluding hydrogens is 275 g/mol. The van der Waals surface area contributed by atoms with Crippen molar-refractivity contribution in [1.82, 2.24) is 5.32 Å². The monoisotopic (exact) mass is 295 g/mol. The van der Waals surface area contributed by atoms with Gasteiger partial charge in [-0.25, -0.2) is 9.18 Å². The zero-order chi connectivity index (χ0) is 15.4. The largest absolute Gasteiger partial charge is 0.360 e. The van der Waals surface area contributed by atoms with Crippen LogP contribution < -0.4 is 20.9 Å². The predicted octanol–water partition coefficient (Wildman–Crippen LogP) is -0.886. The third kappa shape index (κ3) is 3.91. The number of hydrogen-bond acceptors (Lipinski definition) is 3. The van der Waals surface area contributed by atoms with Crippen LogP contribution in [0.4, 0.5) is 14.9 Å². The second kappa shape index (κ2) is 6.53. The molecule has 0 bridgehead atoms. The Hall–Kier alpha value is -2.15. The van der Waals surface area contributed by atoms with E-state index in [0.29, 0.717) is 0 Å². The number of carbonyl (C=O) groups is 2. The number of benzene rings is 1. The Morgan fingerprint density at radius 2 is 1.86 bits per heavy atom. The molecule has 6 nitrogen and oxygen atoms in total. The highest BCUT2D eigenvalue weighted by Gasteiger charge is 2.29. The molecule has 1 aromatic carbocycles. The van der Waals surface area contributed by atoms with Gasteiger partial charge in [-0.05, 0) is 31.2 Å². The molecule has 1 atom stereocenters. The van der Waals surface area contributed by atoms with E-state index in [1.165, 1.54) is 12.1 Å². The van der Waals surface area contributed by atoms with E-state index in [4.69, 9.17) is 5.73 Å². The lowest BCUT2D eigenvalue weighted by Gasteiger charge is -2.35. The van der Waals surface area contributed by atoms with Crippen molar-refractivity contribution in [3.8, 4) is 0 Å². The number of primary amides is 1. The number of hydrogen-bond donors (Lipinski definition) is 3. The second-order valence-corrected chi connectivity index (χ2v) is 5.20. The van der Waals surface area contributed by atoms with E-state index in [-0.39, 0.29) is 17.8 Å². The van der Waals surface area contributed by atoms with Crippen molar-refractivity contribution in [1.29, 1.82) is 0 Å². The van der Waals surface area contributed by atoms with Crippen LogP contribution in [0.3, 0.4) is 0 Å². The topological polar surface area (TPSA) is 79.9 Å². The molecule has 0 unspecified atom stereocenters. The molecule has 114 valence electrons. The van der Waals surface area contributed by atoms with Crippen molar-refractivity contribution >= 4 is 17.6 Å². The summed E-state index contributed by atoms with van der Waals surface area (Å²) < 4.78 is 12.9. The number of carbonyl (C=O) groups excluding carboxylic acids is 2. The number of amides is 3. The summed E-state index contributed by atoms with van der Waals surface area (Å²) >= 11 is 0. The van der Waals surface area contributed by atoms with Gasteiger partial charge in [0.15, 0.2) is 6.04 Å². The maximum atomic E-state index is 12.9. The normalized spacial score (nSPS) is 17.3. The quantitative estimate of drug-likeness (QED) is 0.677. The molecule has 1 fully saturated rings. The van der Waals surface area contributed by atoms with Crippen molar-refractivity contribution in [2.45, 2.75) is 13.0 Å². The van der Waals surface area contributed by atoms with Crippen molar-refractivity contribution in [2.24, 2.45) is 5.73 Å². The number of anilines is 1. The first-order valence-electron chi connectivity index (χ1n) is 6.93. The van der Waals surface area contributed by atoms with E-state index in [1.54, 1.807) is 19.1 Å². The molecule has 0 spiro atoms. The third-order valence-electron chi connectivity index (χ3n) is 3.85. The summed E-state index contributed by atoms with van der Waals surface area (Å²) in [7, 11) is 0. The molecular formula is C14H20FN4O2+. The lowest BCUT2D eigenvalue weighted by molar-refractivity contribution is -0.914. The van der Waals surface area contributed by atoms with E-state index in [2.05, 4.69) is 10.2 Å². The first kappa shape index (κ1) is 15.2. The number of imide groups is 1. The fourth-order valence-electron chi connectivity index (χ4n) is 2.55. The minimum absolute atomic E-state index is 0.250. The van der Waals surface area contributed by atoms with Crippen LogP contribution in [-0.2, 0) is 4.79 Å². The minimum atomic E-state index is -0.823. The summed E-state index contributed by atoms with van der Waals surface area (Å²) in [5, 5.41) is 2.11. The third-order valence-corrected chi connectivity index (χ3v) is 3.85. The zero-order valence-electron chi connectivity index (χ0n) is 11.9. The van der Waals surface area contributed by atoms with Crippen LogP contribution in [0.15, 0.2) is 24.3 Å². The summed E-state index contributed by atoms with van der Waals surface area (Å²) in [5.41, 5.74) is 5.93. The summed E-state index contributed by atoms with van der Waals surface area (Å²) in [6, 6.07) is 5.24. The number of halogens is 1. The van der Waals surface area contributed by atoms with Crippen molar-refractivity contribution in [3.05, 3.63) is 30.1 Å². The molecule has 0 aromatic heterocycles. The number of rotatable bonds is 3. The summed E-state index contributed by atoms with van der Waals surface area (Å²) in [5.74, 6) is -0.604. The lowest BCUT2D eigenvalue weighted by atomic mass is 10.2. The molecule has 4 N–H and O–H groups in total. The van der Waals surface area contributed by atoms with Crippen molar-refractivity contribution in [2.75, 3.05) is 31.1 Å². The number of nitrogens with zero attached hydrogens (tertiary/aromatic N) is 1. The van der Waals surface area contributed by atoms with Crippen molar-refractivity contribution in [3.63, 3.8) is 0 Å². The number of quaternary nitrogens is 1. The standard InChI is InChI=1S/C14H19FN4O2/c1-10(13(20)17-14(16)21)18-6-8-19(9-7-18)12-4-2-11(15)3-5-12/h2-5,10H,6-9H2,1H3,(H3,16,17,20,21)/p+1/t10-/m0/s1. The maximum absolute atomic E-state index is 12.9. The SMILES string of the molecule is C[C@@H](C(=O)NC(N)=O)[NH+]1CCN(c2ccc(F)cc2)CC1. The van der Waals surface area contributed by atoms with Gasteiger partial charge in [-0.2, -0.15) is 0 Å². The summed E-state index contributed by atoms with van der Waals surface area (Å²) in [6.45, 7) is 4.86. The highest BCUT2D eigenvalue weighted by molar-refractivity contribution is 5.95. The Morgan fingerprint density at radius 3 is 2.38 bits per heavy atom. The van der Waals surface area contributed by atoms with Gasteiger partial charge >= 0.3 is 6.03 Å². The lowest BCUT2D eigenvalue weighted by Crippen LogP contribution is -3.19. The predicted molar refractivity (Wildman–Crippen MR) is 76.5 cm³/mol. The average molecular weight is 295 g/mol. The van der Waals surface area contributed by atoms with Gasteiger partial charge in [-0.15, -0.1) is 0 Å². The molecule has 1 aliphatic rings. The van der Waals surface area contributed by atoms with E-state index < -0.39 is 6.03 Å². The second-order valence-electron chi connectivity index (χ2n) is 5.20. The Balaban J connectivity index is 1.89. The van der Waals surface area contributed by atoms with Crippen LogP contribution >= 0.6 is 0 Å². The Bertz CT molecular complexity index is 512. The molecule has 1 aliphatic heterocycles. The van der Waals surface area contributed by atoms with E-state index in [0.717, 1.165) is 36.8 Å². The molecule has 0 saturated carbocycles. The van der Waals surface area contributed by atoms with Crippen molar-refractivity contribution < 1.29 is 18.9 Å². The molecule has 21 heavy (non-hydrogen) atoms. The smallest absolute Gasteiger partial charge is 0.319 e. The summed E-state index contributed by atoms with van der Waals surface area (Å²) in [4.78, 5) is 25.7. The van der Waals surface area contributed by atoms with E-state index in [9.17, 15) is 14.0 Å². The van der Waals surface area contributed by atoms with Gasteiger partial charge in [0.2, 0.25) is 0 Å². The van der Waals surface area contributed by atoms with Crippen LogP contribution in [0.2, 0.25) is 0 Å². The van der Waals surface area contributed by atoms with Gasteiger partial charge in [-0.3, -0.25) is 10.1 Å². The average Bonchev–Trinajstić information content (AvgIpc) is 2.47. The van der Waals surface area contributed by atoms with E-state index >= 15 is 0 Å². The van der Waals surface area contributed by atoms with Crippen LogP contribution in [0.25, 0.3) is 0 Å². The van der Waals surface area contributed by atoms with E-state index in [1.807, 2.05) is 0 Å². The molecule has 1 saturated heterocycles. The number of nitrogens with one attached hydrogen (secondary N) is 2. The van der Waals surface area contributed by atoms with Crippen LogP contribution in [0.5, 0.6) is 0 Å². The molecule has 0 radical (unpaired) electrons. The first-order chi connectivity index (χ1) is 9.97. The van der Waals surface area contributed by atoms with Gasteiger partial charge in [0, 0.05) is 5.69 Å². The van der Waals surface area contributed by atoms with Gasteiger partial charge < -0.3 is 15.5 Å².